The molecule has 14 heavy (non-hydrogen) atoms. The smallest absolute Gasteiger partial charge is 0.125 e. The topological polar surface area (TPSA) is 9.23 Å². The molecule has 0 N–H and O–H groups in total. The van der Waals surface area contributed by atoms with Crippen molar-refractivity contribution in [2.45, 2.75) is 18.3 Å². The van der Waals surface area contributed by atoms with E-state index in [0.29, 0.717) is 0 Å². The van der Waals surface area contributed by atoms with E-state index in [-0.39, 0.29) is 5.44 Å². The zero-order valence-electron chi connectivity index (χ0n) is 8.23. The highest BCUT2D eigenvalue weighted by atomic mass is 32.1. The molecule has 0 bridgehead atoms. The lowest BCUT2D eigenvalue weighted by Gasteiger charge is -2.18. The lowest BCUT2D eigenvalue weighted by atomic mass is 9.93. The number of thiol groups is 1. The molecule has 0 amide bonds. The molecule has 1 aliphatic carbocycles. The van der Waals surface area contributed by atoms with Crippen molar-refractivity contribution in [2.75, 3.05) is 7.11 Å². The van der Waals surface area contributed by atoms with Crippen LogP contribution in [-0.2, 0) is 11.2 Å². The van der Waals surface area contributed by atoms with Gasteiger partial charge in [0.15, 0.2) is 0 Å². The van der Waals surface area contributed by atoms with Gasteiger partial charge in [0.1, 0.15) is 5.44 Å². The third-order valence-corrected chi connectivity index (χ3v) is 3.09. The Kier molecular flexibility index (Phi) is 2.94. The molecule has 2 heteroatoms. The minimum Gasteiger partial charge on any atom is -0.366 e. The van der Waals surface area contributed by atoms with Crippen molar-refractivity contribution in [1.29, 1.82) is 0 Å². The molecule has 74 valence electrons. The zero-order chi connectivity index (χ0) is 9.97. The molecule has 0 saturated heterocycles. The molecule has 0 aromatic heterocycles. The molecule has 1 nitrogen and oxygen atoms in total. The predicted octanol–water partition coefficient (Wildman–Crippen LogP) is 3.22. The normalized spacial score (nSPS) is 16.4. The van der Waals surface area contributed by atoms with Gasteiger partial charge in [-0.25, -0.2) is 0 Å². The Bertz CT molecular complexity index is 357. The van der Waals surface area contributed by atoms with Crippen molar-refractivity contribution in [3.05, 3.63) is 41.0 Å². The summed E-state index contributed by atoms with van der Waals surface area (Å²) in [6.07, 6.45) is 6.61. The van der Waals surface area contributed by atoms with Gasteiger partial charge < -0.3 is 4.74 Å². The van der Waals surface area contributed by atoms with Crippen LogP contribution >= 0.6 is 12.6 Å². The van der Waals surface area contributed by atoms with Gasteiger partial charge in [0.2, 0.25) is 0 Å². The highest BCUT2D eigenvalue weighted by molar-refractivity contribution is 7.80. The van der Waals surface area contributed by atoms with Crippen LogP contribution in [-0.4, -0.2) is 7.11 Å². The standard InChI is InChI=1S/C12H14OS/c1-13-12(14)11-8-4-6-9-5-2-3-7-10(9)11/h2,4-6,8,12,14H,3,7H2,1H3. The first-order valence-electron chi connectivity index (χ1n) is 4.82. The van der Waals surface area contributed by atoms with Crippen molar-refractivity contribution >= 4 is 18.7 Å². The molecule has 1 unspecified atom stereocenters. The van der Waals surface area contributed by atoms with Gasteiger partial charge in [0.25, 0.3) is 0 Å². The van der Waals surface area contributed by atoms with Gasteiger partial charge in [-0.2, -0.15) is 0 Å². The van der Waals surface area contributed by atoms with E-state index < -0.39 is 0 Å². The third kappa shape index (κ3) is 1.72. The first-order valence-corrected chi connectivity index (χ1v) is 5.34. The van der Waals surface area contributed by atoms with Crippen molar-refractivity contribution in [3.63, 3.8) is 0 Å². The number of benzene rings is 1. The van der Waals surface area contributed by atoms with E-state index in [4.69, 9.17) is 4.74 Å². The van der Waals surface area contributed by atoms with Crippen molar-refractivity contribution in [2.24, 2.45) is 0 Å². The van der Waals surface area contributed by atoms with Crippen LogP contribution in [0.25, 0.3) is 6.08 Å². The van der Waals surface area contributed by atoms with E-state index in [1.165, 1.54) is 16.7 Å². The van der Waals surface area contributed by atoms with Crippen molar-refractivity contribution in [3.8, 4) is 0 Å². The van der Waals surface area contributed by atoms with Crippen LogP contribution in [0.2, 0.25) is 0 Å². The van der Waals surface area contributed by atoms with Gasteiger partial charge in [-0.05, 0) is 29.5 Å². The van der Waals surface area contributed by atoms with Gasteiger partial charge in [-0.3, -0.25) is 0 Å². The molecule has 0 fully saturated rings. The maximum absolute atomic E-state index is 5.24. The van der Waals surface area contributed by atoms with Gasteiger partial charge in [0.05, 0.1) is 0 Å². The monoisotopic (exact) mass is 206 g/mol. The summed E-state index contributed by atoms with van der Waals surface area (Å²) in [6, 6.07) is 6.30. The molecule has 0 saturated carbocycles. The molecule has 0 spiro atoms. The van der Waals surface area contributed by atoms with E-state index >= 15 is 0 Å². The molecule has 0 heterocycles. The number of ether oxygens (including phenoxy) is 1. The number of hydrogen-bond donors (Lipinski definition) is 1. The van der Waals surface area contributed by atoms with Gasteiger partial charge in [-0.1, -0.05) is 30.4 Å². The first kappa shape index (κ1) is 9.81. The predicted molar refractivity (Wildman–Crippen MR) is 62.5 cm³/mol. The van der Waals surface area contributed by atoms with Crippen molar-refractivity contribution in [1.82, 2.24) is 0 Å². The summed E-state index contributed by atoms with van der Waals surface area (Å²) in [5.74, 6) is 0. The Balaban J connectivity index is 2.46. The lowest BCUT2D eigenvalue weighted by molar-refractivity contribution is 0.176. The third-order valence-electron chi connectivity index (χ3n) is 2.60. The zero-order valence-corrected chi connectivity index (χ0v) is 9.13. The van der Waals surface area contributed by atoms with E-state index in [2.05, 4.69) is 43.0 Å². The summed E-state index contributed by atoms with van der Waals surface area (Å²) >= 11 is 4.41. The average Bonchev–Trinajstić information content (AvgIpc) is 2.27. The van der Waals surface area contributed by atoms with E-state index in [1.54, 1.807) is 7.11 Å². The SMILES string of the molecule is COC(S)c1cccc2c1CCC=C2. The van der Waals surface area contributed by atoms with Crippen LogP contribution in [0.4, 0.5) is 0 Å². The lowest BCUT2D eigenvalue weighted by Crippen LogP contribution is -2.03. The highest BCUT2D eigenvalue weighted by Crippen LogP contribution is 2.30. The summed E-state index contributed by atoms with van der Waals surface area (Å²) < 4.78 is 5.24. The van der Waals surface area contributed by atoms with Crippen LogP contribution in [0, 0.1) is 0 Å². The van der Waals surface area contributed by atoms with Crippen molar-refractivity contribution < 1.29 is 4.74 Å². The van der Waals surface area contributed by atoms with Gasteiger partial charge >= 0.3 is 0 Å². The molecular weight excluding hydrogens is 192 g/mol. The fourth-order valence-electron chi connectivity index (χ4n) is 1.86. The molecule has 1 atom stereocenters. The number of allylic oxidation sites excluding steroid dienone is 1. The Morgan fingerprint density at radius 1 is 1.43 bits per heavy atom. The summed E-state index contributed by atoms with van der Waals surface area (Å²) in [7, 11) is 1.69. The largest absolute Gasteiger partial charge is 0.366 e. The molecule has 2 rings (SSSR count). The molecule has 0 aliphatic heterocycles. The molecule has 1 aliphatic rings. The Labute approximate surface area is 90.2 Å². The maximum atomic E-state index is 5.24. The second-order valence-corrected chi connectivity index (χ2v) is 3.91. The van der Waals surface area contributed by atoms with Crippen LogP contribution in [0.15, 0.2) is 24.3 Å². The molecule has 1 aromatic rings. The summed E-state index contributed by atoms with van der Waals surface area (Å²) in [5.41, 5.74) is 3.80. The number of fused-ring (bicyclic) bond motifs is 1. The van der Waals surface area contributed by atoms with Crippen LogP contribution < -0.4 is 0 Å². The minimum atomic E-state index is -0.101. The maximum Gasteiger partial charge on any atom is 0.125 e. The van der Waals surface area contributed by atoms with Crippen LogP contribution in [0.3, 0.4) is 0 Å². The molecule has 1 aromatic carbocycles. The van der Waals surface area contributed by atoms with E-state index in [1.807, 2.05) is 0 Å². The second-order valence-electron chi connectivity index (χ2n) is 3.44. The van der Waals surface area contributed by atoms with Gasteiger partial charge in [-0.15, -0.1) is 12.6 Å². The number of rotatable bonds is 2. The quantitative estimate of drug-likeness (QED) is 0.577. The Morgan fingerprint density at radius 3 is 3.07 bits per heavy atom. The number of methoxy groups -OCH3 is 1. The molecular formula is C12H14OS. The molecule has 0 radical (unpaired) electrons. The van der Waals surface area contributed by atoms with Gasteiger partial charge in [0, 0.05) is 7.11 Å². The summed E-state index contributed by atoms with van der Waals surface area (Å²) in [4.78, 5) is 0. The van der Waals surface area contributed by atoms with E-state index in [0.717, 1.165) is 12.8 Å². The van der Waals surface area contributed by atoms with E-state index in [9.17, 15) is 0 Å². The fourth-order valence-corrected chi connectivity index (χ4v) is 2.11. The minimum absolute atomic E-state index is 0.101. The Hall–Kier alpha value is -0.730. The first-order chi connectivity index (χ1) is 6.83. The highest BCUT2D eigenvalue weighted by Gasteiger charge is 2.13. The Morgan fingerprint density at radius 2 is 2.29 bits per heavy atom. The fraction of sp³-hybridized carbons (Fsp3) is 0.333. The summed E-state index contributed by atoms with van der Waals surface area (Å²) in [6.45, 7) is 0. The second kappa shape index (κ2) is 4.20. The average molecular weight is 206 g/mol. The number of hydrogen-bond acceptors (Lipinski definition) is 2. The summed E-state index contributed by atoms with van der Waals surface area (Å²) in [5, 5.41) is 0. The van der Waals surface area contributed by atoms with Crippen LogP contribution in [0.5, 0.6) is 0 Å². The van der Waals surface area contributed by atoms with Crippen LogP contribution in [0.1, 0.15) is 28.5 Å².